The zero-order valence-corrected chi connectivity index (χ0v) is 12.7. The van der Waals surface area contributed by atoms with Crippen LogP contribution >= 0.6 is 31.9 Å². The summed E-state index contributed by atoms with van der Waals surface area (Å²) < 4.78 is 2.02. The number of halogens is 2. The van der Waals surface area contributed by atoms with E-state index in [4.69, 9.17) is 5.11 Å². The lowest BCUT2D eigenvalue weighted by Crippen LogP contribution is -2.30. The zero-order valence-electron chi connectivity index (χ0n) is 9.57. The first-order valence-corrected chi connectivity index (χ1v) is 7.49. The summed E-state index contributed by atoms with van der Waals surface area (Å²) in [6, 6.07) is 2.55. The molecular weight excluding hydrogens is 348 g/mol. The van der Waals surface area contributed by atoms with Crippen LogP contribution in [-0.4, -0.2) is 29.3 Å². The fourth-order valence-corrected chi connectivity index (χ4v) is 3.58. The molecule has 1 N–H and O–H groups in total. The van der Waals surface area contributed by atoms with Crippen LogP contribution in [0.4, 0.5) is 5.82 Å². The lowest BCUT2D eigenvalue weighted by atomic mass is 10.1. The first kappa shape index (κ1) is 13.3. The normalized spacial score (nSPS) is 19.9. The van der Waals surface area contributed by atoms with Gasteiger partial charge in [0.2, 0.25) is 0 Å². The molecule has 17 heavy (non-hydrogen) atoms. The van der Waals surface area contributed by atoms with Crippen LogP contribution in [-0.2, 0) is 0 Å². The number of hydrogen-bond acceptors (Lipinski definition) is 3. The number of rotatable bonds is 4. The first-order chi connectivity index (χ1) is 8.22. The van der Waals surface area contributed by atoms with Crippen molar-refractivity contribution in [1.29, 1.82) is 0 Å². The summed E-state index contributed by atoms with van der Waals surface area (Å²) in [6.07, 6.45) is 6.15. The Morgan fingerprint density at radius 2 is 2.29 bits per heavy atom. The Labute approximate surface area is 118 Å². The predicted molar refractivity (Wildman–Crippen MR) is 76.3 cm³/mol. The molecule has 1 fully saturated rings. The minimum absolute atomic E-state index is 0.277. The average molecular weight is 364 g/mol. The number of aromatic nitrogens is 1. The summed E-state index contributed by atoms with van der Waals surface area (Å²) in [6.45, 7) is 1.34. The van der Waals surface area contributed by atoms with Gasteiger partial charge in [0.1, 0.15) is 5.82 Å². The highest BCUT2D eigenvalue weighted by molar-refractivity contribution is 9.11. The number of hydrogen-bond donors (Lipinski definition) is 1. The minimum atomic E-state index is 0.277. The Balaban J connectivity index is 2.14. The van der Waals surface area contributed by atoms with E-state index in [1.165, 1.54) is 12.8 Å². The van der Waals surface area contributed by atoms with Gasteiger partial charge in [0.15, 0.2) is 0 Å². The second-order valence-corrected chi connectivity index (χ2v) is 6.08. The van der Waals surface area contributed by atoms with E-state index in [-0.39, 0.29) is 6.61 Å². The highest BCUT2D eigenvalue weighted by Crippen LogP contribution is 2.33. The molecule has 0 radical (unpaired) electrons. The summed E-state index contributed by atoms with van der Waals surface area (Å²) in [4.78, 5) is 6.84. The molecule has 1 saturated heterocycles. The standard InChI is InChI=1S/C12H16Br2N2O/c13-9-7-11(14)12(15-8-9)16-5-1-3-10(16)4-2-6-17/h7-8,10,17H,1-6H2. The van der Waals surface area contributed by atoms with Crippen molar-refractivity contribution in [3.63, 3.8) is 0 Å². The van der Waals surface area contributed by atoms with Crippen LogP contribution in [0.2, 0.25) is 0 Å². The third-order valence-electron chi connectivity index (χ3n) is 3.13. The van der Waals surface area contributed by atoms with E-state index in [0.29, 0.717) is 6.04 Å². The molecule has 1 aromatic rings. The van der Waals surface area contributed by atoms with Gasteiger partial charge >= 0.3 is 0 Å². The second kappa shape index (κ2) is 6.16. The molecule has 0 aromatic carbocycles. The minimum Gasteiger partial charge on any atom is -0.396 e. The maximum atomic E-state index is 8.92. The highest BCUT2D eigenvalue weighted by atomic mass is 79.9. The molecule has 94 valence electrons. The lowest BCUT2D eigenvalue weighted by Gasteiger charge is -2.26. The molecule has 2 heterocycles. The number of nitrogens with zero attached hydrogens (tertiary/aromatic N) is 2. The molecule has 0 bridgehead atoms. The summed E-state index contributed by atoms with van der Waals surface area (Å²) >= 11 is 6.99. The van der Waals surface area contributed by atoms with Crippen molar-refractivity contribution >= 4 is 37.7 Å². The van der Waals surface area contributed by atoms with E-state index in [2.05, 4.69) is 41.7 Å². The van der Waals surface area contributed by atoms with Gasteiger partial charge in [-0.15, -0.1) is 0 Å². The third-order valence-corrected chi connectivity index (χ3v) is 4.15. The maximum absolute atomic E-state index is 8.92. The highest BCUT2D eigenvalue weighted by Gasteiger charge is 2.26. The zero-order chi connectivity index (χ0) is 12.3. The number of pyridine rings is 1. The van der Waals surface area contributed by atoms with Gasteiger partial charge in [-0.25, -0.2) is 4.98 Å². The van der Waals surface area contributed by atoms with Crippen molar-refractivity contribution in [3.8, 4) is 0 Å². The quantitative estimate of drug-likeness (QED) is 0.891. The van der Waals surface area contributed by atoms with Crippen LogP contribution in [0.25, 0.3) is 0 Å². The molecule has 0 saturated carbocycles. The van der Waals surface area contributed by atoms with E-state index in [1.54, 1.807) is 0 Å². The van der Waals surface area contributed by atoms with E-state index in [0.717, 1.165) is 34.1 Å². The number of anilines is 1. The second-order valence-electron chi connectivity index (χ2n) is 4.31. The van der Waals surface area contributed by atoms with Crippen LogP contribution < -0.4 is 4.90 Å². The smallest absolute Gasteiger partial charge is 0.143 e. The van der Waals surface area contributed by atoms with E-state index in [9.17, 15) is 0 Å². The van der Waals surface area contributed by atoms with Gasteiger partial charge in [-0.05, 0) is 63.6 Å². The topological polar surface area (TPSA) is 36.4 Å². The third kappa shape index (κ3) is 3.20. The molecule has 1 aromatic heterocycles. The Hall–Kier alpha value is -0.130. The van der Waals surface area contributed by atoms with Crippen LogP contribution in [0.1, 0.15) is 25.7 Å². The fourth-order valence-electron chi connectivity index (χ4n) is 2.36. The molecule has 5 heteroatoms. The van der Waals surface area contributed by atoms with Gasteiger partial charge in [-0.3, -0.25) is 0 Å². The van der Waals surface area contributed by atoms with E-state index in [1.807, 2.05) is 12.3 Å². The van der Waals surface area contributed by atoms with Gasteiger partial charge < -0.3 is 10.0 Å². The molecule has 2 rings (SSSR count). The van der Waals surface area contributed by atoms with Gasteiger partial charge in [0.25, 0.3) is 0 Å². The van der Waals surface area contributed by atoms with Crippen molar-refractivity contribution in [1.82, 2.24) is 4.98 Å². The van der Waals surface area contributed by atoms with Gasteiger partial charge in [-0.2, -0.15) is 0 Å². The summed E-state index contributed by atoms with van der Waals surface area (Å²) in [5, 5.41) is 8.92. The van der Waals surface area contributed by atoms with E-state index >= 15 is 0 Å². The van der Waals surface area contributed by atoms with E-state index < -0.39 is 0 Å². The van der Waals surface area contributed by atoms with Gasteiger partial charge in [0.05, 0.1) is 4.47 Å². The van der Waals surface area contributed by atoms with Crippen LogP contribution in [0.3, 0.4) is 0 Å². The molecule has 1 aliphatic heterocycles. The van der Waals surface area contributed by atoms with Gasteiger partial charge in [0, 0.05) is 29.9 Å². The van der Waals surface area contributed by atoms with Crippen molar-refractivity contribution in [2.45, 2.75) is 31.7 Å². The first-order valence-electron chi connectivity index (χ1n) is 5.91. The molecule has 0 aliphatic carbocycles. The van der Waals surface area contributed by atoms with Crippen LogP contribution in [0.15, 0.2) is 21.2 Å². The molecule has 0 spiro atoms. The van der Waals surface area contributed by atoms with Crippen molar-refractivity contribution in [2.24, 2.45) is 0 Å². The molecule has 1 atom stereocenters. The SMILES string of the molecule is OCCCC1CCCN1c1ncc(Br)cc1Br. The Kier molecular flexibility index (Phi) is 4.82. The molecule has 1 aliphatic rings. The monoisotopic (exact) mass is 362 g/mol. The largest absolute Gasteiger partial charge is 0.396 e. The molecule has 3 nitrogen and oxygen atoms in total. The predicted octanol–water partition coefficient (Wildman–Crippen LogP) is 3.35. The van der Waals surface area contributed by atoms with Crippen molar-refractivity contribution in [2.75, 3.05) is 18.1 Å². The maximum Gasteiger partial charge on any atom is 0.143 e. The Morgan fingerprint density at radius 1 is 1.47 bits per heavy atom. The van der Waals surface area contributed by atoms with Crippen LogP contribution in [0.5, 0.6) is 0 Å². The Bertz CT molecular complexity index is 387. The summed E-state index contributed by atoms with van der Waals surface area (Å²) in [5.74, 6) is 1.02. The average Bonchev–Trinajstić information content (AvgIpc) is 2.74. The molecule has 0 amide bonds. The Morgan fingerprint density at radius 3 is 3.00 bits per heavy atom. The van der Waals surface area contributed by atoms with Crippen molar-refractivity contribution in [3.05, 3.63) is 21.2 Å². The lowest BCUT2D eigenvalue weighted by molar-refractivity contribution is 0.279. The molecule has 1 unspecified atom stereocenters. The summed E-state index contributed by atoms with van der Waals surface area (Å²) in [7, 11) is 0. The van der Waals surface area contributed by atoms with Crippen molar-refractivity contribution < 1.29 is 5.11 Å². The van der Waals surface area contributed by atoms with Crippen LogP contribution in [0, 0.1) is 0 Å². The molecular formula is C12H16Br2N2O. The van der Waals surface area contributed by atoms with Gasteiger partial charge in [-0.1, -0.05) is 0 Å². The summed E-state index contributed by atoms with van der Waals surface area (Å²) in [5.41, 5.74) is 0. The number of aliphatic hydroxyl groups excluding tert-OH is 1. The fraction of sp³-hybridized carbons (Fsp3) is 0.583. The number of aliphatic hydroxyl groups is 1.